The third kappa shape index (κ3) is 1.74. The first-order valence-corrected chi connectivity index (χ1v) is 5.88. The molecule has 0 saturated carbocycles. The van der Waals surface area contributed by atoms with Gasteiger partial charge in [-0.2, -0.15) is 0 Å². The van der Waals surface area contributed by atoms with Gasteiger partial charge >= 0.3 is 0 Å². The highest BCUT2D eigenvalue weighted by molar-refractivity contribution is 8.02. The quantitative estimate of drug-likeness (QED) is 0.732. The number of hydrogen-bond donors (Lipinski definition) is 0. The van der Waals surface area contributed by atoms with E-state index in [1.165, 1.54) is 0 Å². The lowest BCUT2D eigenvalue weighted by molar-refractivity contribution is 0.449. The summed E-state index contributed by atoms with van der Waals surface area (Å²) in [7, 11) is 2.01. The van der Waals surface area contributed by atoms with Gasteiger partial charge in [-0.25, -0.2) is 0 Å². The van der Waals surface area contributed by atoms with Gasteiger partial charge in [-0.3, -0.25) is 0 Å². The van der Waals surface area contributed by atoms with Gasteiger partial charge in [-0.1, -0.05) is 29.3 Å². The molecule has 1 heterocycles. The van der Waals surface area contributed by atoms with Crippen LogP contribution in [0.25, 0.3) is 0 Å². The Bertz CT molecular complexity index is 358. The molecule has 14 heavy (non-hydrogen) atoms. The molecule has 0 N–H and O–H groups in total. The summed E-state index contributed by atoms with van der Waals surface area (Å²) in [6.45, 7) is 0. The van der Waals surface area contributed by atoms with Crippen molar-refractivity contribution < 1.29 is 0 Å². The predicted octanol–water partition coefficient (Wildman–Crippen LogP) is 4.14. The molecule has 4 heteroatoms. The van der Waals surface area contributed by atoms with E-state index in [1.54, 1.807) is 11.8 Å². The molecule has 0 aliphatic carbocycles. The molecule has 2 rings (SSSR count). The Morgan fingerprint density at radius 2 is 1.93 bits per heavy atom. The molecular formula is C10H9Cl2NS. The monoisotopic (exact) mass is 245 g/mol. The van der Waals surface area contributed by atoms with E-state index < -0.39 is 0 Å². The van der Waals surface area contributed by atoms with Crippen LogP contribution in [0.3, 0.4) is 0 Å². The van der Waals surface area contributed by atoms with Crippen LogP contribution >= 0.6 is 35.0 Å². The second kappa shape index (κ2) is 4.05. The fourth-order valence-corrected chi connectivity index (χ4v) is 3.19. The first-order chi connectivity index (χ1) is 6.70. The van der Waals surface area contributed by atoms with E-state index in [-0.39, 0.29) is 5.37 Å². The van der Waals surface area contributed by atoms with Crippen molar-refractivity contribution in [3.05, 3.63) is 45.4 Å². The highest BCUT2D eigenvalue weighted by Crippen LogP contribution is 2.43. The maximum Gasteiger partial charge on any atom is 0.107 e. The first-order valence-electron chi connectivity index (χ1n) is 4.18. The number of benzene rings is 1. The largest absolute Gasteiger partial charge is 0.364 e. The average molecular weight is 246 g/mol. The first kappa shape index (κ1) is 10.2. The van der Waals surface area contributed by atoms with Crippen molar-refractivity contribution in [1.29, 1.82) is 0 Å². The van der Waals surface area contributed by atoms with Crippen LogP contribution in [0.4, 0.5) is 0 Å². The van der Waals surface area contributed by atoms with Crippen LogP contribution in [0.1, 0.15) is 10.9 Å². The van der Waals surface area contributed by atoms with Crippen LogP contribution in [0, 0.1) is 0 Å². The molecule has 1 unspecified atom stereocenters. The van der Waals surface area contributed by atoms with Gasteiger partial charge in [-0.15, -0.1) is 11.8 Å². The van der Waals surface area contributed by atoms with Gasteiger partial charge in [0, 0.05) is 28.9 Å². The van der Waals surface area contributed by atoms with Gasteiger partial charge in [0.05, 0.1) is 0 Å². The molecule has 0 spiro atoms. The van der Waals surface area contributed by atoms with Gasteiger partial charge in [0.2, 0.25) is 0 Å². The summed E-state index contributed by atoms with van der Waals surface area (Å²) in [6, 6.07) is 5.60. The van der Waals surface area contributed by atoms with Crippen molar-refractivity contribution >= 4 is 35.0 Å². The zero-order valence-electron chi connectivity index (χ0n) is 7.58. The Balaban J connectivity index is 2.41. The van der Waals surface area contributed by atoms with Gasteiger partial charge in [-0.05, 0) is 17.5 Å². The summed E-state index contributed by atoms with van der Waals surface area (Å²) in [5, 5.41) is 3.71. The standard InChI is InChI=1S/C10H9Cl2NS/c1-13-5-6-14-10(13)9-7(11)3-2-4-8(9)12/h2-6,10H,1H3. The summed E-state index contributed by atoms with van der Waals surface area (Å²) < 4.78 is 0. The third-order valence-corrected chi connectivity index (χ3v) is 3.88. The number of halogens is 2. The fraction of sp³-hybridized carbons (Fsp3) is 0.200. The second-order valence-corrected chi connectivity index (χ2v) is 4.88. The molecule has 0 saturated heterocycles. The van der Waals surface area contributed by atoms with Crippen molar-refractivity contribution in [2.45, 2.75) is 5.37 Å². The Morgan fingerprint density at radius 3 is 2.43 bits per heavy atom. The topological polar surface area (TPSA) is 3.24 Å². The van der Waals surface area contributed by atoms with Crippen LogP contribution in [0.2, 0.25) is 10.0 Å². The average Bonchev–Trinajstić information content (AvgIpc) is 2.52. The van der Waals surface area contributed by atoms with E-state index in [2.05, 4.69) is 4.90 Å². The lowest BCUT2D eigenvalue weighted by atomic mass is 10.2. The summed E-state index contributed by atoms with van der Waals surface area (Å²) in [4.78, 5) is 2.10. The SMILES string of the molecule is CN1C=CSC1c1c(Cl)cccc1Cl. The second-order valence-electron chi connectivity index (χ2n) is 3.07. The minimum absolute atomic E-state index is 0.205. The minimum Gasteiger partial charge on any atom is -0.364 e. The minimum atomic E-state index is 0.205. The molecule has 1 aromatic rings. The normalized spacial score (nSPS) is 20.5. The maximum atomic E-state index is 6.12. The van der Waals surface area contributed by atoms with Crippen LogP contribution in [0.15, 0.2) is 29.8 Å². The predicted molar refractivity (Wildman–Crippen MR) is 63.7 cm³/mol. The Labute approximate surface area is 97.7 Å². The summed E-state index contributed by atoms with van der Waals surface area (Å²) in [5.74, 6) is 0. The third-order valence-electron chi connectivity index (χ3n) is 2.12. The van der Waals surface area contributed by atoms with E-state index in [1.807, 2.05) is 36.9 Å². The molecule has 1 aromatic carbocycles. The lowest BCUT2D eigenvalue weighted by Gasteiger charge is -2.22. The molecular weight excluding hydrogens is 237 g/mol. The highest BCUT2D eigenvalue weighted by Gasteiger charge is 2.23. The molecule has 1 atom stereocenters. The van der Waals surface area contributed by atoms with Crippen LogP contribution in [0.5, 0.6) is 0 Å². The van der Waals surface area contributed by atoms with Gasteiger partial charge in [0.1, 0.15) is 5.37 Å². The molecule has 1 aliphatic rings. The number of hydrogen-bond acceptors (Lipinski definition) is 2. The fourth-order valence-electron chi connectivity index (χ4n) is 1.40. The molecule has 0 radical (unpaired) electrons. The number of nitrogens with zero attached hydrogens (tertiary/aromatic N) is 1. The zero-order valence-corrected chi connectivity index (χ0v) is 9.90. The Morgan fingerprint density at radius 1 is 1.29 bits per heavy atom. The molecule has 74 valence electrons. The molecule has 0 bridgehead atoms. The number of thioether (sulfide) groups is 1. The summed E-state index contributed by atoms with van der Waals surface area (Å²) in [6.07, 6.45) is 2.02. The van der Waals surface area contributed by atoms with E-state index >= 15 is 0 Å². The Hall–Kier alpha value is -0.310. The number of rotatable bonds is 1. The Kier molecular flexibility index (Phi) is 2.96. The van der Waals surface area contributed by atoms with Crippen molar-refractivity contribution in [2.75, 3.05) is 7.05 Å². The van der Waals surface area contributed by atoms with Crippen molar-refractivity contribution in [3.63, 3.8) is 0 Å². The molecule has 1 nitrogen and oxygen atoms in total. The van der Waals surface area contributed by atoms with E-state index in [0.717, 1.165) is 15.6 Å². The van der Waals surface area contributed by atoms with Crippen molar-refractivity contribution in [2.24, 2.45) is 0 Å². The summed E-state index contributed by atoms with van der Waals surface area (Å²) >= 11 is 14.0. The zero-order chi connectivity index (χ0) is 10.1. The lowest BCUT2D eigenvalue weighted by Crippen LogP contribution is -2.12. The van der Waals surface area contributed by atoms with Crippen LogP contribution < -0.4 is 0 Å². The van der Waals surface area contributed by atoms with Crippen molar-refractivity contribution in [1.82, 2.24) is 4.90 Å². The molecule has 0 aromatic heterocycles. The van der Waals surface area contributed by atoms with Crippen molar-refractivity contribution in [3.8, 4) is 0 Å². The maximum absolute atomic E-state index is 6.12. The summed E-state index contributed by atoms with van der Waals surface area (Å²) in [5.41, 5.74) is 0.994. The van der Waals surface area contributed by atoms with Gasteiger partial charge in [0.15, 0.2) is 0 Å². The smallest absolute Gasteiger partial charge is 0.107 e. The van der Waals surface area contributed by atoms with Crippen LogP contribution in [-0.4, -0.2) is 11.9 Å². The van der Waals surface area contributed by atoms with Gasteiger partial charge < -0.3 is 4.90 Å². The van der Waals surface area contributed by atoms with E-state index in [9.17, 15) is 0 Å². The highest BCUT2D eigenvalue weighted by atomic mass is 35.5. The molecule has 0 amide bonds. The molecule has 1 aliphatic heterocycles. The molecule has 0 fully saturated rings. The van der Waals surface area contributed by atoms with Crippen LogP contribution in [-0.2, 0) is 0 Å². The van der Waals surface area contributed by atoms with Gasteiger partial charge in [0.25, 0.3) is 0 Å². The van der Waals surface area contributed by atoms with E-state index in [0.29, 0.717) is 0 Å². The van der Waals surface area contributed by atoms with E-state index in [4.69, 9.17) is 23.2 Å².